The van der Waals surface area contributed by atoms with Crippen molar-refractivity contribution in [3.63, 3.8) is 0 Å². The van der Waals surface area contributed by atoms with E-state index in [9.17, 15) is 9.59 Å². The molecule has 27 heavy (non-hydrogen) atoms. The van der Waals surface area contributed by atoms with Crippen LogP contribution in [0.2, 0.25) is 0 Å². The summed E-state index contributed by atoms with van der Waals surface area (Å²) in [5.74, 6) is 0.641. The number of amides is 1. The molecule has 0 radical (unpaired) electrons. The summed E-state index contributed by atoms with van der Waals surface area (Å²) in [5.41, 5.74) is 1.27. The van der Waals surface area contributed by atoms with Crippen molar-refractivity contribution in [1.82, 2.24) is 4.90 Å². The van der Waals surface area contributed by atoms with Crippen LogP contribution < -0.4 is 0 Å². The molecule has 0 spiro atoms. The van der Waals surface area contributed by atoms with Crippen LogP contribution >= 0.6 is 11.8 Å². The Kier molecular flexibility index (Phi) is 7.22. The van der Waals surface area contributed by atoms with E-state index >= 15 is 0 Å². The largest absolute Gasteiger partial charge is 0.461 e. The third kappa shape index (κ3) is 5.28. The summed E-state index contributed by atoms with van der Waals surface area (Å²) in [6, 6.07) is 9.92. The lowest BCUT2D eigenvalue weighted by Crippen LogP contribution is -2.49. The molecule has 148 valence electrons. The van der Waals surface area contributed by atoms with Gasteiger partial charge in [0.1, 0.15) is 6.04 Å². The fourth-order valence-corrected chi connectivity index (χ4v) is 5.47. The number of rotatable bonds is 6. The summed E-state index contributed by atoms with van der Waals surface area (Å²) < 4.78 is 5.47. The third-order valence-electron chi connectivity index (χ3n) is 5.45. The number of hydrogen-bond acceptors (Lipinski definition) is 4. The lowest BCUT2D eigenvalue weighted by Gasteiger charge is -2.33. The van der Waals surface area contributed by atoms with Gasteiger partial charge in [0.25, 0.3) is 0 Å². The number of esters is 1. The maximum absolute atomic E-state index is 13.3. The van der Waals surface area contributed by atoms with Crippen LogP contribution in [-0.4, -0.2) is 40.0 Å². The molecule has 1 aliphatic heterocycles. The lowest BCUT2D eigenvalue weighted by atomic mass is 9.88. The molecule has 0 bridgehead atoms. The summed E-state index contributed by atoms with van der Waals surface area (Å²) in [4.78, 5) is 27.9. The van der Waals surface area contributed by atoms with Crippen molar-refractivity contribution in [2.45, 2.75) is 76.3 Å². The van der Waals surface area contributed by atoms with Crippen LogP contribution in [0.4, 0.5) is 0 Å². The maximum atomic E-state index is 13.3. The van der Waals surface area contributed by atoms with E-state index in [4.69, 9.17) is 4.74 Å². The van der Waals surface area contributed by atoms with Gasteiger partial charge in [-0.25, -0.2) is 4.79 Å². The summed E-state index contributed by atoms with van der Waals surface area (Å²) in [5, 5.41) is 0.0596. The van der Waals surface area contributed by atoms with Gasteiger partial charge in [-0.2, -0.15) is 0 Å². The minimum absolute atomic E-state index is 0.0596. The van der Waals surface area contributed by atoms with E-state index in [0.29, 0.717) is 5.75 Å². The monoisotopic (exact) mass is 389 g/mol. The van der Waals surface area contributed by atoms with Gasteiger partial charge < -0.3 is 9.64 Å². The van der Waals surface area contributed by atoms with Crippen LogP contribution in [0.1, 0.15) is 57.9 Å². The van der Waals surface area contributed by atoms with E-state index in [1.165, 1.54) is 12.0 Å². The zero-order valence-electron chi connectivity index (χ0n) is 16.4. The number of carbonyl (C=O) groups excluding carboxylic acids is 2. The van der Waals surface area contributed by atoms with Crippen molar-refractivity contribution in [3.8, 4) is 0 Å². The predicted molar refractivity (Wildman–Crippen MR) is 109 cm³/mol. The molecule has 0 unspecified atom stereocenters. The average molecular weight is 390 g/mol. The van der Waals surface area contributed by atoms with Gasteiger partial charge >= 0.3 is 5.97 Å². The van der Waals surface area contributed by atoms with Gasteiger partial charge in [-0.05, 0) is 45.1 Å². The average Bonchev–Trinajstić information content (AvgIpc) is 3.11. The van der Waals surface area contributed by atoms with Gasteiger partial charge in [0, 0.05) is 11.7 Å². The van der Waals surface area contributed by atoms with Crippen molar-refractivity contribution in [2.24, 2.45) is 5.92 Å². The molecule has 1 aromatic rings. The molecule has 1 saturated carbocycles. The highest BCUT2D eigenvalue weighted by molar-refractivity contribution is 8.00. The first-order chi connectivity index (χ1) is 13.1. The summed E-state index contributed by atoms with van der Waals surface area (Å²) in [6.07, 6.45) is 7.00. The predicted octanol–water partition coefficient (Wildman–Crippen LogP) is 4.42. The Balaban J connectivity index is 1.72. The molecular formula is C22H31NO3S. The maximum Gasteiger partial charge on any atom is 0.330 e. The van der Waals surface area contributed by atoms with Gasteiger partial charge in [0.05, 0.1) is 11.5 Å². The minimum Gasteiger partial charge on any atom is -0.461 e. The topological polar surface area (TPSA) is 46.6 Å². The highest BCUT2D eigenvalue weighted by atomic mass is 32.2. The van der Waals surface area contributed by atoms with Crippen LogP contribution in [0.15, 0.2) is 30.3 Å². The van der Waals surface area contributed by atoms with Crippen LogP contribution in [0.5, 0.6) is 0 Å². The molecular weight excluding hydrogens is 358 g/mol. The van der Waals surface area contributed by atoms with Crippen molar-refractivity contribution in [2.75, 3.05) is 5.75 Å². The molecule has 1 aliphatic carbocycles. The van der Waals surface area contributed by atoms with Crippen molar-refractivity contribution >= 4 is 23.6 Å². The number of nitrogens with zero attached hydrogens (tertiary/aromatic N) is 1. The quantitative estimate of drug-likeness (QED) is 0.676. The molecule has 1 amide bonds. The molecule has 5 heteroatoms. The SMILES string of the molecule is CC(C)OC(=O)[C@@H]1CS[C@@H](CCc2ccccc2)N1C(=O)C1CCCCC1. The first-order valence-electron chi connectivity index (χ1n) is 10.2. The van der Waals surface area contributed by atoms with Crippen LogP contribution in [0.25, 0.3) is 0 Å². The van der Waals surface area contributed by atoms with E-state index in [0.717, 1.165) is 38.5 Å². The Bertz CT molecular complexity index is 628. The van der Waals surface area contributed by atoms with Crippen molar-refractivity contribution in [3.05, 3.63) is 35.9 Å². The number of ether oxygens (including phenoxy) is 1. The van der Waals surface area contributed by atoms with E-state index in [1.807, 2.05) is 36.9 Å². The summed E-state index contributed by atoms with van der Waals surface area (Å²) in [6.45, 7) is 3.72. The van der Waals surface area contributed by atoms with Gasteiger partial charge in [-0.3, -0.25) is 4.79 Å². The first kappa shape index (κ1) is 20.2. The van der Waals surface area contributed by atoms with Gasteiger partial charge in [0.2, 0.25) is 5.91 Å². The zero-order valence-corrected chi connectivity index (χ0v) is 17.2. The van der Waals surface area contributed by atoms with Gasteiger partial charge in [0.15, 0.2) is 0 Å². The normalized spacial score (nSPS) is 23.6. The van der Waals surface area contributed by atoms with Crippen LogP contribution in [-0.2, 0) is 20.7 Å². The highest BCUT2D eigenvalue weighted by Crippen LogP contribution is 2.36. The highest BCUT2D eigenvalue weighted by Gasteiger charge is 2.44. The molecule has 0 N–H and O–H groups in total. The fourth-order valence-electron chi connectivity index (χ4n) is 4.07. The lowest BCUT2D eigenvalue weighted by molar-refractivity contribution is -0.158. The molecule has 2 fully saturated rings. The molecule has 1 saturated heterocycles. The number of thioether (sulfide) groups is 1. The summed E-state index contributed by atoms with van der Waals surface area (Å²) >= 11 is 1.73. The van der Waals surface area contributed by atoms with Gasteiger partial charge in [-0.15, -0.1) is 11.8 Å². The molecule has 1 aromatic carbocycles. The second-order valence-corrected chi connectivity index (χ2v) is 9.10. The number of aryl methyl sites for hydroxylation is 1. The number of benzene rings is 1. The zero-order chi connectivity index (χ0) is 19.2. The number of hydrogen-bond donors (Lipinski definition) is 0. The molecule has 3 rings (SSSR count). The van der Waals surface area contributed by atoms with E-state index < -0.39 is 6.04 Å². The Morgan fingerprint density at radius 2 is 1.85 bits per heavy atom. The smallest absolute Gasteiger partial charge is 0.330 e. The van der Waals surface area contributed by atoms with Crippen molar-refractivity contribution in [1.29, 1.82) is 0 Å². The second-order valence-electron chi connectivity index (χ2n) is 7.89. The Morgan fingerprint density at radius 3 is 2.52 bits per heavy atom. The van der Waals surface area contributed by atoms with Crippen molar-refractivity contribution < 1.29 is 14.3 Å². The molecule has 2 aliphatic rings. The van der Waals surface area contributed by atoms with E-state index in [-0.39, 0.29) is 29.3 Å². The Hall–Kier alpha value is -1.49. The minimum atomic E-state index is -0.437. The first-order valence-corrected chi connectivity index (χ1v) is 11.3. The van der Waals surface area contributed by atoms with Crippen LogP contribution in [0, 0.1) is 5.92 Å². The van der Waals surface area contributed by atoms with E-state index in [1.54, 1.807) is 11.8 Å². The van der Waals surface area contributed by atoms with Gasteiger partial charge in [-0.1, -0.05) is 49.6 Å². The standard InChI is InChI=1S/C22H31NO3S/c1-16(2)26-22(25)19-15-27-20(14-13-17-9-5-3-6-10-17)23(19)21(24)18-11-7-4-8-12-18/h3,5-6,9-10,16,18-20H,4,7-8,11-15H2,1-2H3/t19-,20-/m0/s1. The molecule has 0 aromatic heterocycles. The Morgan fingerprint density at radius 1 is 1.15 bits per heavy atom. The third-order valence-corrected chi connectivity index (χ3v) is 6.80. The fraction of sp³-hybridized carbons (Fsp3) is 0.636. The molecule has 4 nitrogen and oxygen atoms in total. The van der Waals surface area contributed by atoms with Crippen LogP contribution in [0.3, 0.4) is 0 Å². The van der Waals surface area contributed by atoms with E-state index in [2.05, 4.69) is 12.1 Å². The molecule has 1 heterocycles. The second kappa shape index (κ2) is 9.63. The molecule has 2 atom stereocenters. The Labute approximate surface area is 167 Å². The number of carbonyl (C=O) groups is 2. The summed E-state index contributed by atoms with van der Waals surface area (Å²) in [7, 11) is 0.